The predicted octanol–water partition coefficient (Wildman–Crippen LogP) is 2.80. The number of nitrogens with two attached hydrogens (primary N) is 1. The zero-order valence-electron chi connectivity index (χ0n) is 13.4. The molecule has 5 heteroatoms. The molecular weight excluding hydrogens is 290 g/mol. The summed E-state index contributed by atoms with van der Waals surface area (Å²) in [5.41, 5.74) is 9.32. The van der Waals surface area contributed by atoms with Crippen LogP contribution in [0.1, 0.15) is 12.5 Å². The first kappa shape index (κ1) is 15.2. The summed E-state index contributed by atoms with van der Waals surface area (Å²) >= 11 is 0. The molecule has 0 bridgehead atoms. The van der Waals surface area contributed by atoms with Crippen LogP contribution in [0.2, 0.25) is 0 Å². The smallest absolute Gasteiger partial charge is 0.246 e. The van der Waals surface area contributed by atoms with Crippen molar-refractivity contribution >= 4 is 23.0 Å². The summed E-state index contributed by atoms with van der Waals surface area (Å²) in [6.45, 7) is 5.12. The van der Waals surface area contributed by atoms with E-state index in [1.54, 1.807) is 6.07 Å². The number of carbonyl (C=O) groups is 1. The van der Waals surface area contributed by atoms with Crippen molar-refractivity contribution < 1.29 is 9.53 Å². The summed E-state index contributed by atoms with van der Waals surface area (Å²) in [7, 11) is 0. The van der Waals surface area contributed by atoms with Gasteiger partial charge in [-0.25, -0.2) is 0 Å². The van der Waals surface area contributed by atoms with E-state index in [4.69, 9.17) is 10.5 Å². The van der Waals surface area contributed by atoms with Crippen LogP contribution in [0.25, 0.3) is 0 Å². The lowest BCUT2D eigenvalue weighted by atomic mass is 10.1. The molecule has 5 nitrogen and oxygen atoms in total. The lowest BCUT2D eigenvalue weighted by Gasteiger charge is -2.35. The van der Waals surface area contributed by atoms with Crippen molar-refractivity contribution in [1.82, 2.24) is 0 Å². The van der Waals surface area contributed by atoms with Gasteiger partial charge < -0.3 is 20.7 Å². The number of hydrogen-bond acceptors (Lipinski definition) is 4. The van der Waals surface area contributed by atoms with E-state index in [9.17, 15) is 4.79 Å². The number of anilines is 3. The Kier molecular flexibility index (Phi) is 4.10. The molecule has 0 radical (unpaired) electrons. The minimum Gasteiger partial charge on any atom is -0.489 e. The number of nitrogen functional groups attached to an aromatic ring is 1. The van der Waals surface area contributed by atoms with Crippen LogP contribution < -0.4 is 20.7 Å². The van der Waals surface area contributed by atoms with Crippen LogP contribution in [0.4, 0.5) is 17.1 Å². The minimum absolute atomic E-state index is 0.0430. The van der Waals surface area contributed by atoms with Crippen LogP contribution in [0.5, 0.6) is 5.75 Å². The molecule has 1 heterocycles. The molecule has 120 valence electrons. The summed E-state index contributed by atoms with van der Waals surface area (Å²) in [4.78, 5) is 14.6. The van der Waals surface area contributed by atoms with Gasteiger partial charge in [0.1, 0.15) is 18.4 Å². The number of aryl methyl sites for hydroxylation is 1. The Labute approximate surface area is 136 Å². The number of amides is 1. The largest absolute Gasteiger partial charge is 0.489 e. The van der Waals surface area contributed by atoms with Crippen LogP contribution in [0, 0.1) is 6.92 Å². The van der Waals surface area contributed by atoms with E-state index in [2.05, 4.69) is 5.32 Å². The number of fused-ring (bicyclic) bond motifs is 1. The van der Waals surface area contributed by atoms with Gasteiger partial charge in [-0.15, -0.1) is 0 Å². The van der Waals surface area contributed by atoms with Gasteiger partial charge in [0.15, 0.2) is 0 Å². The molecule has 2 aromatic carbocycles. The van der Waals surface area contributed by atoms with Crippen molar-refractivity contribution in [3.8, 4) is 5.75 Å². The molecule has 0 aliphatic carbocycles. The second-order valence-corrected chi connectivity index (χ2v) is 5.80. The molecule has 2 aromatic rings. The number of ether oxygens (including phenoxy) is 1. The van der Waals surface area contributed by atoms with E-state index >= 15 is 0 Å². The molecule has 3 N–H and O–H groups in total. The van der Waals surface area contributed by atoms with Crippen molar-refractivity contribution in [3.63, 3.8) is 0 Å². The number of nitrogens with one attached hydrogen (secondary N) is 1. The van der Waals surface area contributed by atoms with Gasteiger partial charge in [-0.3, -0.25) is 4.79 Å². The SMILES string of the molecule is Cc1ccc(NC(=O)C(C)N2CCOc3cc(N)ccc32)cc1. The highest BCUT2D eigenvalue weighted by molar-refractivity contribution is 5.97. The van der Waals surface area contributed by atoms with Crippen molar-refractivity contribution in [3.05, 3.63) is 48.0 Å². The van der Waals surface area contributed by atoms with Crippen molar-refractivity contribution in [2.75, 3.05) is 29.1 Å². The molecule has 3 rings (SSSR count). The Balaban J connectivity index is 1.77. The highest BCUT2D eigenvalue weighted by atomic mass is 16.5. The Bertz CT molecular complexity index is 713. The second-order valence-electron chi connectivity index (χ2n) is 5.80. The quantitative estimate of drug-likeness (QED) is 0.855. The van der Waals surface area contributed by atoms with E-state index in [0.29, 0.717) is 18.8 Å². The topological polar surface area (TPSA) is 67.6 Å². The third kappa shape index (κ3) is 3.23. The Hall–Kier alpha value is -2.69. The number of rotatable bonds is 3. The molecule has 1 unspecified atom stereocenters. The van der Waals surface area contributed by atoms with Gasteiger partial charge in [-0.2, -0.15) is 0 Å². The van der Waals surface area contributed by atoms with Crippen molar-refractivity contribution in [1.29, 1.82) is 0 Å². The second kappa shape index (κ2) is 6.20. The molecule has 0 fully saturated rings. The summed E-state index contributed by atoms with van der Waals surface area (Å²) in [5, 5.41) is 2.96. The van der Waals surface area contributed by atoms with Crippen molar-refractivity contribution in [2.24, 2.45) is 0 Å². The molecule has 1 amide bonds. The van der Waals surface area contributed by atoms with Crippen LogP contribution in [-0.4, -0.2) is 25.1 Å². The van der Waals surface area contributed by atoms with Crippen LogP contribution >= 0.6 is 0 Å². The molecular formula is C18H21N3O2. The number of benzene rings is 2. The zero-order valence-corrected chi connectivity index (χ0v) is 13.4. The first-order valence-corrected chi connectivity index (χ1v) is 7.71. The summed E-state index contributed by atoms with van der Waals surface area (Å²) in [6, 6.07) is 13.0. The molecule has 23 heavy (non-hydrogen) atoms. The summed E-state index contributed by atoms with van der Waals surface area (Å²) < 4.78 is 5.64. The Morgan fingerprint density at radius 1 is 1.26 bits per heavy atom. The zero-order chi connectivity index (χ0) is 16.4. The fourth-order valence-electron chi connectivity index (χ4n) is 2.69. The van der Waals surface area contributed by atoms with E-state index in [1.165, 1.54) is 0 Å². The maximum absolute atomic E-state index is 12.6. The molecule has 1 aliphatic rings. The molecule has 0 saturated heterocycles. The van der Waals surface area contributed by atoms with E-state index in [0.717, 1.165) is 22.7 Å². The lowest BCUT2D eigenvalue weighted by Crippen LogP contribution is -2.46. The van der Waals surface area contributed by atoms with Gasteiger partial charge in [0.25, 0.3) is 0 Å². The number of nitrogens with zero attached hydrogens (tertiary/aromatic N) is 1. The van der Waals surface area contributed by atoms with Crippen LogP contribution in [0.3, 0.4) is 0 Å². The minimum atomic E-state index is -0.303. The average molecular weight is 311 g/mol. The third-order valence-electron chi connectivity index (χ3n) is 4.05. The average Bonchev–Trinajstić information content (AvgIpc) is 2.55. The molecule has 0 aromatic heterocycles. The predicted molar refractivity (Wildman–Crippen MR) is 93.0 cm³/mol. The highest BCUT2D eigenvalue weighted by Crippen LogP contribution is 2.34. The van der Waals surface area contributed by atoms with Gasteiger partial charge in [-0.1, -0.05) is 17.7 Å². The third-order valence-corrected chi connectivity index (χ3v) is 4.05. The lowest BCUT2D eigenvalue weighted by molar-refractivity contribution is -0.117. The van der Waals surface area contributed by atoms with Gasteiger partial charge in [0.05, 0.1) is 12.2 Å². The van der Waals surface area contributed by atoms with Crippen molar-refractivity contribution in [2.45, 2.75) is 19.9 Å². The summed E-state index contributed by atoms with van der Waals surface area (Å²) in [6.07, 6.45) is 0. The normalized spacial score (nSPS) is 14.6. The monoisotopic (exact) mass is 311 g/mol. The van der Waals surface area contributed by atoms with Crippen LogP contribution in [-0.2, 0) is 4.79 Å². The number of hydrogen-bond donors (Lipinski definition) is 2. The standard InChI is InChI=1S/C18H21N3O2/c1-12-3-6-15(7-4-12)20-18(22)13(2)21-9-10-23-17-11-14(19)5-8-16(17)21/h3-8,11,13H,9-10,19H2,1-2H3,(H,20,22). The molecule has 0 spiro atoms. The first-order valence-electron chi connectivity index (χ1n) is 7.71. The summed E-state index contributed by atoms with van der Waals surface area (Å²) in [5.74, 6) is 0.685. The molecule has 1 atom stereocenters. The highest BCUT2D eigenvalue weighted by Gasteiger charge is 2.27. The van der Waals surface area contributed by atoms with E-state index in [-0.39, 0.29) is 11.9 Å². The fourth-order valence-corrected chi connectivity index (χ4v) is 2.69. The van der Waals surface area contributed by atoms with Gasteiger partial charge in [0.2, 0.25) is 5.91 Å². The fraction of sp³-hybridized carbons (Fsp3) is 0.278. The Morgan fingerprint density at radius 3 is 2.74 bits per heavy atom. The Morgan fingerprint density at radius 2 is 2.00 bits per heavy atom. The maximum Gasteiger partial charge on any atom is 0.246 e. The van der Waals surface area contributed by atoms with Crippen LogP contribution in [0.15, 0.2) is 42.5 Å². The maximum atomic E-state index is 12.6. The molecule has 1 aliphatic heterocycles. The first-order chi connectivity index (χ1) is 11.0. The van der Waals surface area contributed by atoms with E-state index in [1.807, 2.05) is 55.1 Å². The van der Waals surface area contributed by atoms with Gasteiger partial charge in [0, 0.05) is 17.4 Å². The van der Waals surface area contributed by atoms with Gasteiger partial charge >= 0.3 is 0 Å². The van der Waals surface area contributed by atoms with E-state index < -0.39 is 0 Å². The van der Waals surface area contributed by atoms with Gasteiger partial charge in [-0.05, 0) is 38.1 Å². The molecule has 0 saturated carbocycles. The number of carbonyl (C=O) groups excluding carboxylic acids is 1.